The predicted octanol–water partition coefficient (Wildman–Crippen LogP) is 3.70. The molecule has 154 valence electrons. The molecular formula is C22H25N7O. The van der Waals surface area contributed by atoms with Crippen molar-refractivity contribution in [2.45, 2.75) is 33.7 Å². The maximum atomic E-state index is 12.0. The monoisotopic (exact) mass is 403 g/mol. The topological polar surface area (TPSA) is 136 Å². The second-order valence-corrected chi connectivity index (χ2v) is 8.58. The van der Waals surface area contributed by atoms with Crippen molar-refractivity contribution in [3.8, 4) is 11.1 Å². The lowest BCUT2D eigenvalue weighted by Gasteiger charge is -2.28. The van der Waals surface area contributed by atoms with E-state index in [0.29, 0.717) is 16.9 Å². The molecule has 0 aliphatic heterocycles. The van der Waals surface area contributed by atoms with E-state index in [9.17, 15) is 4.79 Å². The third-order valence-electron chi connectivity index (χ3n) is 5.55. The highest BCUT2D eigenvalue weighted by atomic mass is 16.1. The summed E-state index contributed by atoms with van der Waals surface area (Å²) in [6.07, 6.45) is 4.88. The van der Waals surface area contributed by atoms with Gasteiger partial charge in [0, 0.05) is 41.1 Å². The summed E-state index contributed by atoms with van der Waals surface area (Å²) in [4.78, 5) is 28.0. The summed E-state index contributed by atoms with van der Waals surface area (Å²) in [5.41, 5.74) is 14.9. The molecule has 0 saturated carbocycles. The van der Waals surface area contributed by atoms with Gasteiger partial charge in [0.2, 0.25) is 5.95 Å². The number of aromatic amines is 1. The summed E-state index contributed by atoms with van der Waals surface area (Å²) in [5.74, 6) is 0.417. The van der Waals surface area contributed by atoms with Gasteiger partial charge in [-0.15, -0.1) is 0 Å². The van der Waals surface area contributed by atoms with Crippen LogP contribution in [0.5, 0.6) is 0 Å². The molecule has 0 bridgehead atoms. The van der Waals surface area contributed by atoms with E-state index in [1.165, 1.54) is 6.20 Å². The summed E-state index contributed by atoms with van der Waals surface area (Å²) in [7, 11) is 0. The number of nitrogens with one attached hydrogen (secondary N) is 2. The minimum absolute atomic E-state index is 0.0325. The molecule has 30 heavy (non-hydrogen) atoms. The number of carbonyl (C=O) groups is 1. The number of pyridine rings is 1. The fourth-order valence-electron chi connectivity index (χ4n) is 3.29. The zero-order valence-electron chi connectivity index (χ0n) is 17.4. The zero-order valence-corrected chi connectivity index (χ0v) is 17.4. The number of aromatic nitrogens is 4. The molecule has 0 saturated heterocycles. The predicted molar refractivity (Wildman–Crippen MR) is 120 cm³/mol. The van der Waals surface area contributed by atoms with Crippen LogP contribution in [0.2, 0.25) is 0 Å². The van der Waals surface area contributed by atoms with Gasteiger partial charge in [-0.05, 0) is 24.0 Å². The van der Waals surface area contributed by atoms with E-state index in [2.05, 4.69) is 52.9 Å². The van der Waals surface area contributed by atoms with Gasteiger partial charge < -0.3 is 21.8 Å². The van der Waals surface area contributed by atoms with Crippen molar-refractivity contribution in [2.75, 3.05) is 11.1 Å². The first-order valence-corrected chi connectivity index (χ1v) is 9.74. The van der Waals surface area contributed by atoms with Crippen LogP contribution in [0.1, 0.15) is 38.1 Å². The van der Waals surface area contributed by atoms with Gasteiger partial charge in [-0.1, -0.05) is 32.9 Å². The van der Waals surface area contributed by atoms with Crippen LogP contribution >= 0.6 is 0 Å². The number of primary amides is 1. The van der Waals surface area contributed by atoms with E-state index < -0.39 is 5.91 Å². The number of hydrogen-bond donors (Lipinski definition) is 4. The molecule has 3 aromatic heterocycles. The van der Waals surface area contributed by atoms with E-state index >= 15 is 0 Å². The largest absolute Gasteiger partial charge is 0.368 e. The Bertz CT molecular complexity index is 1250. The number of fused-ring (bicyclic) bond motifs is 3. The van der Waals surface area contributed by atoms with E-state index in [1.54, 1.807) is 12.4 Å². The standard InChI is InChI=1S/C22H25N7O/c1-11(22(2,3)4)28-20-17-14-6-5-12(13-8-26-21(24)27-9-13)7-16(14)29-18(17)15(10-25-20)19(23)30/h5-11,29H,1-4H3,(H2,23,30)(H,25,28)(H2,24,26,27)/t11-/m0/s1. The third kappa shape index (κ3) is 3.41. The molecule has 8 heteroatoms. The molecule has 1 atom stereocenters. The van der Waals surface area contributed by atoms with Crippen LogP contribution in [0.15, 0.2) is 36.8 Å². The Labute approximate surface area is 174 Å². The number of H-pyrrole nitrogens is 1. The number of amides is 1. The number of hydrogen-bond acceptors (Lipinski definition) is 6. The summed E-state index contributed by atoms with van der Waals surface area (Å²) in [5, 5.41) is 5.30. The molecule has 4 rings (SSSR count). The number of benzene rings is 1. The molecule has 0 aliphatic rings. The van der Waals surface area contributed by atoms with Crippen molar-refractivity contribution in [3.05, 3.63) is 42.4 Å². The van der Waals surface area contributed by atoms with Crippen LogP contribution < -0.4 is 16.8 Å². The smallest absolute Gasteiger partial charge is 0.252 e. The quantitative estimate of drug-likeness (QED) is 0.410. The van der Waals surface area contributed by atoms with Crippen LogP contribution in [0.3, 0.4) is 0 Å². The summed E-state index contributed by atoms with van der Waals surface area (Å²) >= 11 is 0. The Morgan fingerprint density at radius 1 is 1.10 bits per heavy atom. The fourth-order valence-corrected chi connectivity index (χ4v) is 3.29. The molecule has 3 heterocycles. The molecule has 0 fully saturated rings. The Morgan fingerprint density at radius 3 is 2.43 bits per heavy atom. The normalized spacial score (nSPS) is 12.9. The molecule has 1 amide bonds. The maximum Gasteiger partial charge on any atom is 0.252 e. The zero-order chi connectivity index (χ0) is 21.6. The summed E-state index contributed by atoms with van der Waals surface area (Å²) in [6, 6.07) is 6.13. The van der Waals surface area contributed by atoms with Crippen LogP contribution in [0.25, 0.3) is 32.9 Å². The fraction of sp³-hybridized carbons (Fsp3) is 0.273. The van der Waals surface area contributed by atoms with Crippen molar-refractivity contribution >= 4 is 39.5 Å². The van der Waals surface area contributed by atoms with Crippen LogP contribution in [0.4, 0.5) is 11.8 Å². The van der Waals surface area contributed by atoms with Gasteiger partial charge in [0.25, 0.3) is 5.91 Å². The first kappa shape index (κ1) is 19.6. The van der Waals surface area contributed by atoms with Crippen LogP contribution in [0, 0.1) is 5.41 Å². The van der Waals surface area contributed by atoms with E-state index in [-0.39, 0.29) is 17.4 Å². The highest BCUT2D eigenvalue weighted by Crippen LogP contribution is 2.35. The van der Waals surface area contributed by atoms with E-state index in [4.69, 9.17) is 11.5 Å². The van der Waals surface area contributed by atoms with Gasteiger partial charge in [0.1, 0.15) is 5.82 Å². The van der Waals surface area contributed by atoms with E-state index in [1.807, 2.05) is 18.2 Å². The number of anilines is 2. The van der Waals surface area contributed by atoms with Crippen molar-refractivity contribution in [1.82, 2.24) is 19.9 Å². The van der Waals surface area contributed by atoms with Gasteiger partial charge in [-0.25, -0.2) is 15.0 Å². The number of carbonyl (C=O) groups excluding carboxylic acids is 1. The minimum atomic E-state index is -0.526. The number of rotatable bonds is 4. The highest BCUT2D eigenvalue weighted by Gasteiger charge is 2.23. The number of nitrogen functional groups attached to an aromatic ring is 1. The average molecular weight is 403 g/mol. The molecule has 0 unspecified atom stereocenters. The van der Waals surface area contributed by atoms with Crippen molar-refractivity contribution in [1.29, 1.82) is 0 Å². The first-order valence-electron chi connectivity index (χ1n) is 9.74. The minimum Gasteiger partial charge on any atom is -0.368 e. The summed E-state index contributed by atoms with van der Waals surface area (Å²) < 4.78 is 0. The third-order valence-corrected chi connectivity index (χ3v) is 5.55. The molecule has 6 N–H and O–H groups in total. The number of nitrogens with zero attached hydrogens (tertiary/aromatic N) is 3. The molecule has 4 aromatic rings. The lowest BCUT2D eigenvalue weighted by Crippen LogP contribution is -2.31. The van der Waals surface area contributed by atoms with Gasteiger partial charge in [-0.2, -0.15) is 0 Å². The molecule has 0 spiro atoms. The maximum absolute atomic E-state index is 12.0. The average Bonchev–Trinajstić information content (AvgIpc) is 3.06. The van der Waals surface area contributed by atoms with Crippen molar-refractivity contribution < 1.29 is 4.79 Å². The molecule has 8 nitrogen and oxygen atoms in total. The molecule has 0 radical (unpaired) electrons. The lowest BCUT2D eigenvalue weighted by molar-refractivity contribution is 0.100. The van der Waals surface area contributed by atoms with Gasteiger partial charge in [0.05, 0.1) is 16.5 Å². The van der Waals surface area contributed by atoms with Gasteiger partial charge in [0.15, 0.2) is 0 Å². The van der Waals surface area contributed by atoms with Crippen LogP contribution in [-0.2, 0) is 0 Å². The Balaban J connectivity index is 1.92. The second kappa shape index (κ2) is 6.98. The molecular weight excluding hydrogens is 378 g/mol. The Kier molecular flexibility index (Phi) is 4.57. The molecule has 0 aliphatic carbocycles. The molecule has 1 aromatic carbocycles. The Morgan fingerprint density at radius 2 is 1.80 bits per heavy atom. The second-order valence-electron chi connectivity index (χ2n) is 8.58. The number of nitrogens with two attached hydrogens (primary N) is 2. The van der Waals surface area contributed by atoms with Crippen molar-refractivity contribution in [2.24, 2.45) is 11.1 Å². The van der Waals surface area contributed by atoms with E-state index in [0.717, 1.165) is 27.4 Å². The lowest BCUT2D eigenvalue weighted by atomic mass is 9.88. The van der Waals surface area contributed by atoms with Gasteiger partial charge in [-0.3, -0.25) is 4.79 Å². The first-order chi connectivity index (χ1) is 14.1. The van der Waals surface area contributed by atoms with Crippen molar-refractivity contribution in [3.63, 3.8) is 0 Å². The Hall–Kier alpha value is -3.68. The highest BCUT2D eigenvalue weighted by molar-refractivity contribution is 6.18. The SMILES string of the molecule is C[C@H](Nc1ncc(C(N)=O)c2[nH]c3cc(-c4cnc(N)nc4)ccc3c12)C(C)(C)C. The van der Waals surface area contributed by atoms with Gasteiger partial charge >= 0.3 is 0 Å². The summed E-state index contributed by atoms with van der Waals surface area (Å²) in [6.45, 7) is 8.60. The van der Waals surface area contributed by atoms with Crippen LogP contribution in [-0.4, -0.2) is 31.9 Å².